The number of carbonyl (C=O) groups excluding carboxylic acids is 3. The van der Waals surface area contributed by atoms with Crippen LogP contribution in [0.1, 0.15) is 16.8 Å². The first-order valence-electron chi connectivity index (χ1n) is 9.26. The van der Waals surface area contributed by atoms with E-state index in [1.807, 2.05) is 0 Å². The number of allylic oxidation sites excluding steroid dienone is 2. The van der Waals surface area contributed by atoms with Crippen molar-refractivity contribution in [2.75, 3.05) is 10.2 Å². The average Bonchev–Trinajstić information content (AvgIpc) is 3.36. The van der Waals surface area contributed by atoms with E-state index in [1.165, 1.54) is 4.90 Å². The normalized spacial score (nSPS) is 27.4. The first kappa shape index (κ1) is 17.2. The van der Waals surface area contributed by atoms with Crippen LogP contribution in [0.4, 0.5) is 11.4 Å². The van der Waals surface area contributed by atoms with Crippen LogP contribution in [0.3, 0.4) is 0 Å². The lowest BCUT2D eigenvalue weighted by atomic mass is 9.85. The van der Waals surface area contributed by atoms with Crippen molar-refractivity contribution >= 4 is 40.7 Å². The van der Waals surface area contributed by atoms with E-state index in [4.69, 9.17) is 11.6 Å². The molecule has 2 aromatic carbocycles. The molecular weight excluding hydrogens is 376 g/mol. The van der Waals surface area contributed by atoms with E-state index in [0.29, 0.717) is 22.0 Å². The molecule has 1 saturated heterocycles. The third-order valence-electron chi connectivity index (χ3n) is 5.92. The molecule has 6 heteroatoms. The second-order valence-corrected chi connectivity index (χ2v) is 7.96. The van der Waals surface area contributed by atoms with Gasteiger partial charge < -0.3 is 5.32 Å². The predicted octanol–water partition coefficient (Wildman–Crippen LogP) is 3.90. The van der Waals surface area contributed by atoms with Gasteiger partial charge in [-0.05, 0) is 54.7 Å². The van der Waals surface area contributed by atoms with Gasteiger partial charge in [-0.25, -0.2) is 4.90 Å². The van der Waals surface area contributed by atoms with E-state index in [0.717, 1.165) is 6.42 Å². The van der Waals surface area contributed by atoms with E-state index in [9.17, 15) is 14.4 Å². The highest BCUT2D eigenvalue weighted by atomic mass is 35.5. The molecule has 1 heterocycles. The molecule has 0 spiro atoms. The van der Waals surface area contributed by atoms with Gasteiger partial charge in [0.1, 0.15) is 0 Å². The molecule has 5 rings (SSSR count). The number of halogens is 1. The van der Waals surface area contributed by atoms with E-state index in [2.05, 4.69) is 17.5 Å². The molecule has 3 aliphatic rings. The quantitative estimate of drug-likeness (QED) is 0.636. The topological polar surface area (TPSA) is 66.5 Å². The molecule has 0 aromatic heterocycles. The number of benzene rings is 2. The maximum absolute atomic E-state index is 13.0. The summed E-state index contributed by atoms with van der Waals surface area (Å²) in [7, 11) is 0. The van der Waals surface area contributed by atoms with Gasteiger partial charge in [0.25, 0.3) is 5.91 Å². The maximum atomic E-state index is 13.0. The van der Waals surface area contributed by atoms with Crippen LogP contribution in [0.5, 0.6) is 0 Å². The van der Waals surface area contributed by atoms with Crippen LogP contribution in [-0.2, 0) is 9.59 Å². The number of hydrogen-bond acceptors (Lipinski definition) is 3. The van der Waals surface area contributed by atoms with Gasteiger partial charge >= 0.3 is 0 Å². The Bertz CT molecular complexity index is 1020. The van der Waals surface area contributed by atoms with Crippen LogP contribution in [0.2, 0.25) is 5.02 Å². The lowest BCUT2D eigenvalue weighted by molar-refractivity contribution is -0.123. The SMILES string of the molecule is O=C(Nc1cccc(Cl)c1)c1cccc(N2C(=O)[C@@H]3[C@H](C2=O)[C@@H]2C=C[C@H]3C2)c1. The number of imide groups is 1. The summed E-state index contributed by atoms with van der Waals surface area (Å²) in [6, 6.07) is 13.5. The van der Waals surface area contributed by atoms with Crippen LogP contribution in [0.15, 0.2) is 60.7 Å². The van der Waals surface area contributed by atoms with Crippen LogP contribution >= 0.6 is 11.6 Å². The number of hydrogen-bond donors (Lipinski definition) is 1. The number of rotatable bonds is 3. The fraction of sp³-hybridized carbons (Fsp3) is 0.227. The number of carbonyl (C=O) groups is 3. The van der Waals surface area contributed by atoms with Crippen LogP contribution in [0, 0.1) is 23.7 Å². The van der Waals surface area contributed by atoms with Crippen molar-refractivity contribution in [3.05, 3.63) is 71.3 Å². The highest BCUT2D eigenvalue weighted by Crippen LogP contribution is 2.53. The Kier molecular flexibility index (Phi) is 3.88. The molecule has 1 N–H and O–H groups in total. The Morgan fingerprint density at radius 3 is 2.32 bits per heavy atom. The number of amides is 3. The van der Waals surface area contributed by atoms with Crippen molar-refractivity contribution in [1.82, 2.24) is 0 Å². The summed E-state index contributed by atoms with van der Waals surface area (Å²) in [5.74, 6) is -0.835. The lowest BCUT2D eigenvalue weighted by Gasteiger charge is -2.18. The predicted molar refractivity (Wildman–Crippen MR) is 106 cm³/mol. The van der Waals surface area contributed by atoms with Crippen molar-refractivity contribution in [1.29, 1.82) is 0 Å². The van der Waals surface area contributed by atoms with Crippen molar-refractivity contribution in [3.8, 4) is 0 Å². The first-order valence-corrected chi connectivity index (χ1v) is 9.64. The van der Waals surface area contributed by atoms with Gasteiger partial charge in [0.2, 0.25) is 11.8 Å². The molecule has 0 radical (unpaired) electrons. The summed E-state index contributed by atoms with van der Waals surface area (Å²) in [5, 5.41) is 3.30. The maximum Gasteiger partial charge on any atom is 0.255 e. The minimum Gasteiger partial charge on any atom is -0.322 e. The van der Waals surface area contributed by atoms with Crippen LogP contribution in [-0.4, -0.2) is 17.7 Å². The van der Waals surface area contributed by atoms with Gasteiger partial charge in [0.15, 0.2) is 0 Å². The third-order valence-corrected chi connectivity index (χ3v) is 6.15. The zero-order chi connectivity index (χ0) is 19.4. The molecule has 2 aliphatic carbocycles. The smallest absolute Gasteiger partial charge is 0.255 e. The van der Waals surface area contributed by atoms with Crippen molar-refractivity contribution in [2.45, 2.75) is 6.42 Å². The summed E-state index contributed by atoms with van der Waals surface area (Å²) in [6.07, 6.45) is 5.02. The van der Waals surface area contributed by atoms with Gasteiger partial charge in [-0.2, -0.15) is 0 Å². The molecule has 3 amide bonds. The molecule has 140 valence electrons. The summed E-state index contributed by atoms with van der Waals surface area (Å²) >= 11 is 5.95. The molecular formula is C22H17ClN2O3. The monoisotopic (exact) mass is 392 g/mol. The van der Waals surface area contributed by atoms with Gasteiger partial charge in [-0.1, -0.05) is 35.9 Å². The van der Waals surface area contributed by atoms with E-state index >= 15 is 0 Å². The molecule has 4 atom stereocenters. The van der Waals surface area contributed by atoms with Crippen molar-refractivity contribution in [3.63, 3.8) is 0 Å². The van der Waals surface area contributed by atoms with Gasteiger partial charge in [-0.3, -0.25) is 14.4 Å². The van der Waals surface area contributed by atoms with Gasteiger partial charge in [0.05, 0.1) is 17.5 Å². The van der Waals surface area contributed by atoms with Gasteiger partial charge in [-0.15, -0.1) is 0 Å². The fourth-order valence-corrected chi connectivity index (χ4v) is 4.90. The molecule has 2 fully saturated rings. The molecule has 1 saturated carbocycles. The summed E-state index contributed by atoms with van der Waals surface area (Å²) in [4.78, 5) is 39.8. The molecule has 2 aromatic rings. The second-order valence-electron chi connectivity index (χ2n) is 7.53. The lowest BCUT2D eigenvalue weighted by Crippen LogP contribution is -2.33. The zero-order valence-electron chi connectivity index (χ0n) is 14.8. The highest BCUT2D eigenvalue weighted by Gasteiger charge is 2.59. The van der Waals surface area contributed by atoms with E-state index < -0.39 is 0 Å². The number of fused-ring (bicyclic) bond motifs is 5. The second kappa shape index (κ2) is 6.31. The minimum absolute atomic E-state index is 0.153. The molecule has 2 bridgehead atoms. The first-order chi connectivity index (χ1) is 13.5. The standard InChI is InChI=1S/C22H17ClN2O3/c23-15-4-2-5-16(11-15)24-20(26)14-3-1-6-17(10-14)25-21(27)18-12-7-8-13(9-12)19(18)22(25)28/h1-8,10-13,18-19H,9H2,(H,24,26)/t12-,13+,18-,19+. The Labute approximate surface area is 167 Å². The Morgan fingerprint density at radius 1 is 0.964 bits per heavy atom. The number of anilines is 2. The summed E-state index contributed by atoms with van der Waals surface area (Å²) in [5.41, 5.74) is 1.40. The Morgan fingerprint density at radius 2 is 1.64 bits per heavy atom. The Balaban J connectivity index is 1.41. The highest BCUT2D eigenvalue weighted by molar-refractivity contribution is 6.31. The summed E-state index contributed by atoms with van der Waals surface area (Å²) < 4.78 is 0. The number of nitrogens with one attached hydrogen (secondary N) is 1. The molecule has 28 heavy (non-hydrogen) atoms. The minimum atomic E-state index is -0.329. The van der Waals surface area contributed by atoms with Crippen molar-refractivity contribution in [2.24, 2.45) is 23.7 Å². The summed E-state index contributed by atoms with van der Waals surface area (Å²) in [6.45, 7) is 0. The van der Waals surface area contributed by atoms with Crippen molar-refractivity contribution < 1.29 is 14.4 Å². The van der Waals surface area contributed by atoms with Gasteiger partial charge in [0, 0.05) is 16.3 Å². The molecule has 1 aliphatic heterocycles. The Hall–Kier alpha value is -2.92. The molecule has 5 nitrogen and oxygen atoms in total. The molecule has 0 unspecified atom stereocenters. The van der Waals surface area contributed by atoms with Crippen LogP contribution < -0.4 is 10.2 Å². The van der Waals surface area contributed by atoms with E-state index in [1.54, 1.807) is 48.5 Å². The average molecular weight is 393 g/mol. The fourth-order valence-electron chi connectivity index (χ4n) is 4.71. The van der Waals surface area contributed by atoms with Crippen LogP contribution in [0.25, 0.3) is 0 Å². The zero-order valence-corrected chi connectivity index (χ0v) is 15.6. The third kappa shape index (κ3) is 2.58. The largest absolute Gasteiger partial charge is 0.322 e. The number of nitrogens with zero attached hydrogens (tertiary/aromatic N) is 1. The van der Waals surface area contributed by atoms with E-state index in [-0.39, 0.29) is 41.4 Å².